The van der Waals surface area contributed by atoms with Gasteiger partial charge in [0, 0.05) is 36.0 Å². The van der Waals surface area contributed by atoms with Crippen molar-refractivity contribution in [3.63, 3.8) is 0 Å². The third-order valence-corrected chi connectivity index (χ3v) is 3.73. The van der Waals surface area contributed by atoms with Gasteiger partial charge in [-0.2, -0.15) is 4.98 Å². The smallest absolute Gasteiger partial charge is 0.222 e. The second kappa shape index (κ2) is 4.70. The number of benzene rings is 1. The Morgan fingerprint density at radius 3 is 2.77 bits per heavy atom. The van der Waals surface area contributed by atoms with Crippen molar-refractivity contribution in [3.05, 3.63) is 54.5 Å². The van der Waals surface area contributed by atoms with Crippen LogP contribution < -0.4 is 11.5 Å². The predicted molar refractivity (Wildman–Crippen MR) is 87.2 cm³/mol. The standard InChI is InChI=1S/C16H14N6/c17-15-14-11-5-7-22(9-10-2-1-6-19-8-10)13(11)4-3-12(14)20-16(18)21-15/h1-8H,9H2,(H4,17,18,20,21). The Bertz CT molecular complexity index is 974. The molecule has 4 aromatic rings. The molecule has 0 aliphatic rings. The SMILES string of the molecule is Nc1nc(N)c2c(ccc3c2ccn3Cc2cccnc2)n1. The lowest BCUT2D eigenvalue weighted by atomic mass is 10.1. The zero-order valence-electron chi connectivity index (χ0n) is 11.8. The van der Waals surface area contributed by atoms with Crippen LogP contribution in [0.5, 0.6) is 0 Å². The van der Waals surface area contributed by atoms with Gasteiger partial charge >= 0.3 is 0 Å². The van der Waals surface area contributed by atoms with Crippen LogP contribution in [0.3, 0.4) is 0 Å². The van der Waals surface area contributed by atoms with Crippen molar-refractivity contribution in [3.8, 4) is 0 Å². The molecule has 0 saturated heterocycles. The molecular formula is C16H14N6. The quantitative estimate of drug-likeness (QED) is 0.590. The van der Waals surface area contributed by atoms with E-state index in [1.807, 2.05) is 36.7 Å². The minimum absolute atomic E-state index is 0.194. The molecule has 0 fully saturated rings. The Balaban J connectivity index is 1.91. The molecule has 6 nitrogen and oxygen atoms in total. The van der Waals surface area contributed by atoms with Gasteiger partial charge in [0.1, 0.15) is 5.82 Å². The highest BCUT2D eigenvalue weighted by Crippen LogP contribution is 2.29. The van der Waals surface area contributed by atoms with Gasteiger partial charge in [-0.15, -0.1) is 0 Å². The van der Waals surface area contributed by atoms with E-state index in [0.717, 1.165) is 33.9 Å². The highest BCUT2D eigenvalue weighted by Gasteiger charge is 2.10. The van der Waals surface area contributed by atoms with Gasteiger partial charge in [-0.3, -0.25) is 4.98 Å². The summed E-state index contributed by atoms with van der Waals surface area (Å²) in [7, 11) is 0. The van der Waals surface area contributed by atoms with Crippen molar-refractivity contribution >= 4 is 33.6 Å². The molecule has 108 valence electrons. The van der Waals surface area contributed by atoms with Crippen molar-refractivity contribution in [1.82, 2.24) is 19.5 Å². The zero-order valence-corrected chi connectivity index (χ0v) is 11.8. The molecule has 0 bridgehead atoms. The average molecular weight is 290 g/mol. The first kappa shape index (κ1) is 12.6. The lowest BCUT2D eigenvalue weighted by Crippen LogP contribution is -2.01. The summed E-state index contributed by atoms with van der Waals surface area (Å²) in [5.74, 6) is 0.603. The Kier molecular flexibility index (Phi) is 2.69. The normalized spacial score (nSPS) is 11.3. The van der Waals surface area contributed by atoms with Crippen molar-refractivity contribution < 1.29 is 0 Å². The fraction of sp³-hybridized carbons (Fsp3) is 0.0625. The summed E-state index contributed by atoms with van der Waals surface area (Å²) in [6, 6.07) is 9.97. The summed E-state index contributed by atoms with van der Waals surface area (Å²) < 4.78 is 2.15. The molecule has 4 N–H and O–H groups in total. The Morgan fingerprint density at radius 2 is 1.95 bits per heavy atom. The van der Waals surface area contributed by atoms with Gasteiger partial charge in [0.15, 0.2) is 0 Å². The summed E-state index contributed by atoms with van der Waals surface area (Å²) in [6.45, 7) is 0.749. The highest BCUT2D eigenvalue weighted by atomic mass is 15.0. The van der Waals surface area contributed by atoms with Crippen LogP contribution in [0, 0.1) is 0 Å². The number of nitrogens with zero attached hydrogens (tertiary/aromatic N) is 4. The molecular weight excluding hydrogens is 276 g/mol. The molecule has 0 aliphatic carbocycles. The number of fused-ring (bicyclic) bond motifs is 3. The number of aromatic nitrogens is 4. The van der Waals surface area contributed by atoms with Crippen LogP contribution in [-0.4, -0.2) is 19.5 Å². The number of anilines is 2. The van der Waals surface area contributed by atoms with E-state index < -0.39 is 0 Å². The van der Waals surface area contributed by atoms with Gasteiger partial charge in [0.25, 0.3) is 0 Å². The van der Waals surface area contributed by atoms with Crippen LogP contribution in [0.1, 0.15) is 5.56 Å². The molecule has 4 rings (SSSR count). The first-order valence-corrected chi connectivity index (χ1v) is 6.92. The van der Waals surface area contributed by atoms with E-state index in [1.54, 1.807) is 6.20 Å². The van der Waals surface area contributed by atoms with E-state index >= 15 is 0 Å². The third-order valence-electron chi connectivity index (χ3n) is 3.73. The summed E-state index contributed by atoms with van der Waals surface area (Å²) in [4.78, 5) is 12.5. The van der Waals surface area contributed by atoms with Crippen molar-refractivity contribution in [1.29, 1.82) is 0 Å². The maximum atomic E-state index is 6.03. The summed E-state index contributed by atoms with van der Waals surface area (Å²) in [5, 5.41) is 1.87. The number of nitrogens with two attached hydrogens (primary N) is 2. The molecule has 0 atom stereocenters. The molecule has 22 heavy (non-hydrogen) atoms. The second-order valence-electron chi connectivity index (χ2n) is 5.16. The molecule has 1 aromatic carbocycles. The molecule has 3 aromatic heterocycles. The Morgan fingerprint density at radius 1 is 1.05 bits per heavy atom. The van der Waals surface area contributed by atoms with E-state index in [-0.39, 0.29) is 5.95 Å². The number of pyridine rings is 1. The molecule has 0 amide bonds. The number of hydrogen-bond donors (Lipinski definition) is 2. The predicted octanol–water partition coefficient (Wildman–Crippen LogP) is 2.19. The maximum absolute atomic E-state index is 6.03. The van der Waals surface area contributed by atoms with Crippen LogP contribution in [0.2, 0.25) is 0 Å². The zero-order chi connectivity index (χ0) is 15.1. The van der Waals surface area contributed by atoms with Crippen LogP contribution in [0.15, 0.2) is 48.9 Å². The highest BCUT2D eigenvalue weighted by molar-refractivity contribution is 6.10. The van der Waals surface area contributed by atoms with Crippen molar-refractivity contribution in [2.75, 3.05) is 11.5 Å². The van der Waals surface area contributed by atoms with Crippen molar-refractivity contribution in [2.24, 2.45) is 0 Å². The first-order valence-electron chi connectivity index (χ1n) is 6.92. The second-order valence-corrected chi connectivity index (χ2v) is 5.16. The van der Waals surface area contributed by atoms with Crippen LogP contribution in [0.4, 0.5) is 11.8 Å². The van der Waals surface area contributed by atoms with E-state index in [0.29, 0.717) is 5.82 Å². The molecule has 3 heterocycles. The largest absolute Gasteiger partial charge is 0.383 e. The summed E-state index contributed by atoms with van der Waals surface area (Å²) in [5.41, 5.74) is 14.7. The number of hydrogen-bond acceptors (Lipinski definition) is 5. The first-order chi connectivity index (χ1) is 10.7. The van der Waals surface area contributed by atoms with Crippen molar-refractivity contribution in [2.45, 2.75) is 6.54 Å². The van der Waals surface area contributed by atoms with Gasteiger partial charge in [0.05, 0.1) is 10.9 Å². The minimum Gasteiger partial charge on any atom is -0.383 e. The van der Waals surface area contributed by atoms with Crippen LogP contribution in [-0.2, 0) is 6.54 Å². The van der Waals surface area contributed by atoms with Gasteiger partial charge in [-0.05, 0) is 29.8 Å². The molecule has 0 aliphatic heterocycles. The van der Waals surface area contributed by atoms with Gasteiger partial charge in [-0.1, -0.05) is 6.07 Å². The van der Waals surface area contributed by atoms with E-state index in [2.05, 4.69) is 25.6 Å². The van der Waals surface area contributed by atoms with Crippen LogP contribution in [0.25, 0.3) is 21.8 Å². The van der Waals surface area contributed by atoms with E-state index in [4.69, 9.17) is 11.5 Å². The molecule has 0 unspecified atom stereocenters. The Labute approximate surface area is 126 Å². The number of nitrogen functional groups attached to an aromatic ring is 2. The fourth-order valence-corrected chi connectivity index (χ4v) is 2.78. The van der Waals surface area contributed by atoms with Gasteiger partial charge in [0.2, 0.25) is 5.95 Å². The average Bonchev–Trinajstić information content (AvgIpc) is 2.90. The lowest BCUT2D eigenvalue weighted by Gasteiger charge is -2.07. The molecule has 0 saturated carbocycles. The fourth-order valence-electron chi connectivity index (χ4n) is 2.78. The molecule has 6 heteroatoms. The monoisotopic (exact) mass is 290 g/mol. The molecule has 0 radical (unpaired) electrons. The van der Waals surface area contributed by atoms with E-state index in [9.17, 15) is 0 Å². The maximum Gasteiger partial charge on any atom is 0.222 e. The van der Waals surface area contributed by atoms with Gasteiger partial charge < -0.3 is 16.0 Å². The minimum atomic E-state index is 0.194. The van der Waals surface area contributed by atoms with Gasteiger partial charge in [-0.25, -0.2) is 4.98 Å². The molecule has 0 spiro atoms. The van der Waals surface area contributed by atoms with Crippen LogP contribution >= 0.6 is 0 Å². The summed E-state index contributed by atoms with van der Waals surface area (Å²) >= 11 is 0. The Hall–Kier alpha value is -3.15. The number of rotatable bonds is 2. The van der Waals surface area contributed by atoms with E-state index in [1.165, 1.54) is 0 Å². The lowest BCUT2D eigenvalue weighted by molar-refractivity contribution is 0.832. The third kappa shape index (κ3) is 1.93. The summed E-state index contributed by atoms with van der Waals surface area (Å²) in [6.07, 6.45) is 5.67. The topological polar surface area (TPSA) is 95.6 Å².